The summed E-state index contributed by atoms with van der Waals surface area (Å²) in [7, 11) is 1.03. The van der Waals surface area contributed by atoms with E-state index >= 15 is 0 Å². The lowest BCUT2D eigenvalue weighted by molar-refractivity contribution is -0.142. The molecule has 1 saturated heterocycles. The zero-order chi connectivity index (χ0) is 22.3. The molecule has 1 aromatic rings. The fourth-order valence-corrected chi connectivity index (χ4v) is 2.68. The SMILES string of the molecule is COC(=O)C(ON=C(N)[C@@H]1C[C@H](F)CN1C(=O)OCc1ccccc1)=C(C)C(=O)O. The second-order valence-electron chi connectivity index (χ2n) is 6.40. The molecular weight excluding hydrogens is 401 g/mol. The zero-order valence-electron chi connectivity index (χ0n) is 16.4. The third-order valence-electron chi connectivity index (χ3n) is 4.31. The molecule has 3 N–H and O–H groups in total. The Kier molecular flexibility index (Phi) is 7.73. The number of nitrogens with zero attached hydrogens (tertiary/aromatic N) is 2. The van der Waals surface area contributed by atoms with Crippen molar-refractivity contribution in [2.24, 2.45) is 10.9 Å². The first-order valence-corrected chi connectivity index (χ1v) is 8.88. The molecule has 0 spiro atoms. The molecule has 1 heterocycles. The summed E-state index contributed by atoms with van der Waals surface area (Å²) in [4.78, 5) is 41.1. The Morgan fingerprint density at radius 1 is 1.30 bits per heavy atom. The molecule has 0 bridgehead atoms. The lowest BCUT2D eigenvalue weighted by Gasteiger charge is -2.22. The third kappa shape index (κ3) is 5.69. The van der Waals surface area contributed by atoms with Crippen LogP contribution >= 0.6 is 0 Å². The number of amidine groups is 1. The number of alkyl halides is 1. The standard InChI is InChI=1S/C19H22FN3O7/c1-11(17(24)25)15(18(26)28-2)30-22-16(21)14-8-13(20)9-23(14)19(27)29-10-12-6-4-3-5-7-12/h3-7,13-14H,8-10H2,1-2H3,(H2,21,22)(H,24,25)/t13-,14-/m0/s1. The Labute approximate surface area is 171 Å². The number of carboxylic acid groups (broad SMARTS) is 1. The number of ether oxygens (including phenoxy) is 2. The number of rotatable bonds is 7. The smallest absolute Gasteiger partial charge is 0.410 e. The van der Waals surface area contributed by atoms with Gasteiger partial charge < -0.3 is 25.2 Å². The first kappa shape index (κ1) is 22.7. The number of benzene rings is 1. The molecule has 2 atom stereocenters. The van der Waals surface area contributed by atoms with Crippen LogP contribution < -0.4 is 5.73 Å². The molecule has 11 heteroatoms. The van der Waals surface area contributed by atoms with Gasteiger partial charge >= 0.3 is 18.0 Å². The van der Waals surface area contributed by atoms with Gasteiger partial charge in [0.15, 0.2) is 5.84 Å². The normalized spacial score (nSPS) is 19.7. The van der Waals surface area contributed by atoms with Crippen LogP contribution in [0.2, 0.25) is 0 Å². The first-order chi connectivity index (χ1) is 14.2. The molecule has 1 aliphatic heterocycles. The molecule has 1 amide bonds. The number of aliphatic carboxylic acids is 1. The lowest BCUT2D eigenvalue weighted by atomic mass is 10.2. The number of hydrogen-bond acceptors (Lipinski definition) is 7. The van der Waals surface area contributed by atoms with Gasteiger partial charge in [-0.05, 0) is 12.5 Å². The molecule has 1 fully saturated rings. The average molecular weight is 423 g/mol. The summed E-state index contributed by atoms with van der Waals surface area (Å²) >= 11 is 0. The zero-order valence-corrected chi connectivity index (χ0v) is 16.4. The Balaban J connectivity index is 2.12. The van der Waals surface area contributed by atoms with Crippen LogP contribution in [-0.4, -0.2) is 59.7 Å². The summed E-state index contributed by atoms with van der Waals surface area (Å²) in [6.07, 6.45) is -2.33. The minimum atomic E-state index is -1.43. The van der Waals surface area contributed by atoms with E-state index in [-0.39, 0.29) is 25.4 Å². The molecule has 0 radical (unpaired) electrons. The van der Waals surface area contributed by atoms with Crippen LogP contribution in [0, 0.1) is 0 Å². The highest BCUT2D eigenvalue weighted by Gasteiger charge is 2.39. The third-order valence-corrected chi connectivity index (χ3v) is 4.31. The predicted octanol–water partition coefficient (Wildman–Crippen LogP) is 1.56. The number of likely N-dealkylation sites (tertiary alicyclic amines) is 1. The minimum absolute atomic E-state index is 0.0135. The molecule has 0 aliphatic carbocycles. The van der Waals surface area contributed by atoms with Crippen molar-refractivity contribution in [1.82, 2.24) is 4.90 Å². The average Bonchev–Trinajstić information content (AvgIpc) is 3.14. The van der Waals surface area contributed by atoms with Crippen molar-refractivity contribution >= 4 is 23.9 Å². The molecular formula is C19H22FN3O7. The summed E-state index contributed by atoms with van der Waals surface area (Å²) in [6.45, 7) is 0.837. The maximum absolute atomic E-state index is 14.0. The van der Waals surface area contributed by atoms with Crippen molar-refractivity contribution in [3.05, 3.63) is 47.2 Å². The number of carbonyl (C=O) groups is 3. The fourth-order valence-electron chi connectivity index (χ4n) is 2.68. The number of hydrogen-bond donors (Lipinski definition) is 2. The van der Waals surface area contributed by atoms with Gasteiger partial charge in [-0.25, -0.2) is 18.8 Å². The van der Waals surface area contributed by atoms with E-state index in [1.165, 1.54) is 0 Å². The van der Waals surface area contributed by atoms with Crippen molar-refractivity contribution in [2.45, 2.75) is 32.2 Å². The molecule has 10 nitrogen and oxygen atoms in total. The van der Waals surface area contributed by atoms with E-state index < -0.39 is 41.6 Å². The fraction of sp³-hybridized carbons (Fsp3) is 0.368. The molecule has 0 aromatic heterocycles. The highest BCUT2D eigenvalue weighted by atomic mass is 19.1. The summed E-state index contributed by atoms with van der Waals surface area (Å²) in [5.41, 5.74) is 6.11. The summed E-state index contributed by atoms with van der Waals surface area (Å²) in [5, 5.41) is 12.6. The largest absolute Gasteiger partial charge is 0.478 e. The molecule has 1 aliphatic rings. The Bertz CT molecular complexity index is 857. The topological polar surface area (TPSA) is 141 Å². The Hall–Kier alpha value is -3.63. The van der Waals surface area contributed by atoms with Crippen molar-refractivity contribution < 1.29 is 38.2 Å². The number of nitrogens with two attached hydrogens (primary N) is 1. The van der Waals surface area contributed by atoms with Gasteiger partial charge in [0, 0.05) is 6.42 Å². The van der Waals surface area contributed by atoms with E-state index in [0.29, 0.717) is 0 Å². The minimum Gasteiger partial charge on any atom is -0.478 e. The summed E-state index contributed by atoms with van der Waals surface area (Å²) in [5.74, 6) is -3.53. The molecule has 1 aromatic carbocycles. The van der Waals surface area contributed by atoms with E-state index in [2.05, 4.69) is 9.89 Å². The monoisotopic (exact) mass is 423 g/mol. The van der Waals surface area contributed by atoms with Crippen LogP contribution in [0.25, 0.3) is 0 Å². The summed E-state index contributed by atoms with van der Waals surface area (Å²) in [6, 6.07) is 7.92. The number of halogens is 1. The van der Waals surface area contributed by atoms with Crippen molar-refractivity contribution in [2.75, 3.05) is 13.7 Å². The van der Waals surface area contributed by atoms with Crippen LogP contribution in [-0.2, 0) is 30.5 Å². The highest BCUT2D eigenvalue weighted by molar-refractivity contribution is 5.98. The number of carbonyl (C=O) groups excluding carboxylic acids is 2. The second kappa shape index (κ2) is 10.2. The van der Waals surface area contributed by atoms with Gasteiger partial charge in [0.1, 0.15) is 12.8 Å². The number of amides is 1. The van der Waals surface area contributed by atoms with E-state index in [1.54, 1.807) is 24.3 Å². The second-order valence-corrected chi connectivity index (χ2v) is 6.40. The van der Waals surface area contributed by atoms with Crippen LogP contribution in [0.4, 0.5) is 9.18 Å². The first-order valence-electron chi connectivity index (χ1n) is 8.88. The molecule has 0 saturated carbocycles. The van der Waals surface area contributed by atoms with E-state index in [1.807, 2.05) is 6.07 Å². The predicted molar refractivity (Wildman–Crippen MR) is 102 cm³/mol. The maximum Gasteiger partial charge on any atom is 0.410 e. The summed E-state index contributed by atoms with van der Waals surface area (Å²) < 4.78 is 23.6. The number of carboxylic acids is 1. The quantitative estimate of drug-likeness (QED) is 0.168. The van der Waals surface area contributed by atoms with Gasteiger partial charge in [0.25, 0.3) is 5.76 Å². The number of methoxy groups -OCH3 is 1. The van der Waals surface area contributed by atoms with Crippen LogP contribution in [0.1, 0.15) is 18.9 Å². The molecule has 30 heavy (non-hydrogen) atoms. The van der Waals surface area contributed by atoms with Crippen molar-refractivity contribution in [3.8, 4) is 0 Å². The number of oxime groups is 1. The van der Waals surface area contributed by atoms with Crippen LogP contribution in [0.3, 0.4) is 0 Å². The van der Waals surface area contributed by atoms with E-state index in [4.69, 9.17) is 20.4 Å². The maximum atomic E-state index is 14.0. The van der Waals surface area contributed by atoms with Crippen LogP contribution in [0.15, 0.2) is 46.8 Å². The molecule has 0 unspecified atom stereocenters. The molecule has 162 valence electrons. The van der Waals surface area contributed by atoms with Gasteiger partial charge in [0.05, 0.1) is 25.3 Å². The Morgan fingerprint density at radius 3 is 2.57 bits per heavy atom. The van der Waals surface area contributed by atoms with E-state index in [0.717, 1.165) is 24.5 Å². The van der Waals surface area contributed by atoms with Crippen molar-refractivity contribution in [1.29, 1.82) is 0 Å². The lowest BCUT2D eigenvalue weighted by Crippen LogP contribution is -2.44. The number of esters is 1. The van der Waals surface area contributed by atoms with Crippen LogP contribution in [0.5, 0.6) is 0 Å². The highest BCUT2D eigenvalue weighted by Crippen LogP contribution is 2.22. The van der Waals surface area contributed by atoms with Gasteiger partial charge in [0.2, 0.25) is 0 Å². The Morgan fingerprint density at radius 2 is 1.97 bits per heavy atom. The van der Waals surface area contributed by atoms with Gasteiger partial charge in [-0.15, -0.1) is 0 Å². The molecule has 2 rings (SSSR count). The van der Waals surface area contributed by atoms with Gasteiger partial charge in [-0.3, -0.25) is 4.90 Å². The van der Waals surface area contributed by atoms with E-state index in [9.17, 15) is 18.8 Å². The van der Waals surface area contributed by atoms with Gasteiger partial charge in [-0.1, -0.05) is 35.5 Å². The van der Waals surface area contributed by atoms with Crippen molar-refractivity contribution in [3.63, 3.8) is 0 Å². The van der Waals surface area contributed by atoms with Gasteiger partial charge in [-0.2, -0.15) is 0 Å².